The summed E-state index contributed by atoms with van der Waals surface area (Å²) < 4.78 is 0. The Morgan fingerprint density at radius 1 is 0.821 bits per heavy atom. The Bertz CT molecular complexity index is 922. The fourth-order valence-corrected chi connectivity index (χ4v) is 3.54. The molecule has 1 amide bonds. The molecule has 5 heteroatoms. The van der Waals surface area contributed by atoms with E-state index in [1.165, 1.54) is 5.69 Å². The van der Waals surface area contributed by atoms with E-state index in [-0.39, 0.29) is 5.91 Å². The Hall–Kier alpha value is -3.34. The van der Waals surface area contributed by atoms with Gasteiger partial charge >= 0.3 is 0 Å². The van der Waals surface area contributed by atoms with Crippen molar-refractivity contribution in [2.24, 2.45) is 0 Å². The van der Waals surface area contributed by atoms with Crippen LogP contribution in [0.4, 0.5) is 17.1 Å². The molecule has 1 aliphatic heterocycles. The Labute approximate surface area is 165 Å². The maximum absolute atomic E-state index is 12.9. The van der Waals surface area contributed by atoms with E-state index in [9.17, 15) is 4.79 Å². The van der Waals surface area contributed by atoms with Crippen LogP contribution in [0.3, 0.4) is 0 Å². The van der Waals surface area contributed by atoms with Gasteiger partial charge in [-0.1, -0.05) is 36.4 Å². The number of pyridine rings is 1. The van der Waals surface area contributed by atoms with Gasteiger partial charge in [0.15, 0.2) is 0 Å². The lowest BCUT2D eigenvalue weighted by atomic mass is 10.2. The lowest BCUT2D eigenvalue weighted by Gasteiger charge is -2.37. The van der Waals surface area contributed by atoms with E-state index in [2.05, 4.69) is 39.0 Å². The predicted octanol–water partition coefficient (Wildman–Crippen LogP) is 3.68. The van der Waals surface area contributed by atoms with Gasteiger partial charge in [0.1, 0.15) is 0 Å². The SMILES string of the molecule is CN(C(=O)c1cncc(N2CCN(c3ccccc3)CC2)c1)c1ccccc1. The van der Waals surface area contributed by atoms with E-state index in [1.54, 1.807) is 18.1 Å². The molecule has 0 spiro atoms. The van der Waals surface area contributed by atoms with Crippen molar-refractivity contribution in [3.8, 4) is 0 Å². The summed E-state index contributed by atoms with van der Waals surface area (Å²) in [5, 5.41) is 0. The largest absolute Gasteiger partial charge is 0.368 e. The van der Waals surface area contributed by atoms with E-state index in [0.717, 1.165) is 37.6 Å². The second-order valence-electron chi connectivity index (χ2n) is 6.94. The lowest BCUT2D eigenvalue weighted by Crippen LogP contribution is -2.46. The highest BCUT2D eigenvalue weighted by Crippen LogP contribution is 2.22. The Kier molecular flexibility index (Phi) is 5.24. The van der Waals surface area contributed by atoms with E-state index < -0.39 is 0 Å². The van der Waals surface area contributed by atoms with E-state index >= 15 is 0 Å². The maximum atomic E-state index is 12.9. The number of piperazine rings is 1. The third kappa shape index (κ3) is 3.83. The molecule has 1 fully saturated rings. The highest BCUT2D eigenvalue weighted by Gasteiger charge is 2.20. The molecule has 3 aromatic rings. The van der Waals surface area contributed by atoms with Crippen molar-refractivity contribution in [3.05, 3.63) is 84.7 Å². The first-order valence-corrected chi connectivity index (χ1v) is 9.55. The topological polar surface area (TPSA) is 39.7 Å². The highest BCUT2D eigenvalue weighted by atomic mass is 16.2. The molecule has 28 heavy (non-hydrogen) atoms. The van der Waals surface area contributed by atoms with E-state index in [0.29, 0.717) is 5.56 Å². The van der Waals surface area contributed by atoms with Crippen molar-refractivity contribution in [1.29, 1.82) is 0 Å². The van der Waals surface area contributed by atoms with Gasteiger partial charge in [-0.25, -0.2) is 0 Å². The summed E-state index contributed by atoms with van der Waals surface area (Å²) in [4.78, 5) is 23.6. The summed E-state index contributed by atoms with van der Waals surface area (Å²) in [5.74, 6) is -0.0523. The van der Waals surface area contributed by atoms with Gasteiger partial charge in [-0.2, -0.15) is 0 Å². The zero-order valence-electron chi connectivity index (χ0n) is 16.0. The quantitative estimate of drug-likeness (QED) is 0.700. The molecule has 142 valence electrons. The second kappa shape index (κ2) is 8.13. The van der Waals surface area contributed by atoms with Gasteiger partial charge in [-0.15, -0.1) is 0 Å². The van der Waals surface area contributed by atoms with Crippen LogP contribution in [-0.4, -0.2) is 44.1 Å². The maximum Gasteiger partial charge on any atom is 0.259 e. The molecule has 0 unspecified atom stereocenters. The van der Waals surface area contributed by atoms with Crippen molar-refractivity contribution in [3.63, 3.8) is 0 Å². The number of anilines is 3. The van der Waals surface area contributed by atoms with Crippen LogP contribution in [0, 0.1) is 0 Å². The molecule has 1 aliphatic rings. The summed E-state index contributed by atoms with van der Waals surface area (Å²) in [5.41, 5.74) is 3.73. The number of carbonyl (C=O) groups excluding carboxylic acids is 1. The van der Waals surface area contributed by atoms with Gasteiger partial charge in [-0.3, -0.25) is 9.78 Å². The minimum atomic E-state index is -0.0523. The first-order chi connectivity index (χ1) is 13.7. The monoisotopic (exact) mass is 372 g/mol. The van der Waals surface area contributed by atoms with Crippen LogP contribution in [0.15, 0.2) is 79.1 Å². The van der Waals surface area contributed by atoms with Crippen LogP contribution >= 0.6 is 0 Å². The Balaban J connectivity index is 1.45. The molecule has 0 bridgehead atoms. The number of hydrogen-bond donors (Lipinski definition) is 0. The molecule has 0 atom stereocenters. The van der Waals surface area contributed by atoms with Crippen LogP contribution in [0.25, 0.3) is 0 Å². The number of rotatable bonds is 4. The number of amides is 1. The average Bonchev–Trinajstić information content (AvgIpc) is 2.79. The number of benzene rings is 2. The fourth-order valence-electron chi connectivity index (χ4n) is 3.54. The first kappa shape index (κ1) is 18.0. The normalized spacial score (nSPS) is 14.0. The van der Waals surface area contributed by atoms with Crippen molar-refractivity contribution in [2.45, 2.75) is 0 Å². The van der Waals surface area contributed by atoms with Crippen molar-refractivity contribution in [1.82, 2.24) is 4.98 Å². The summed E-state index contributed by atoms with van der Waals surface area (Å²) in [6.45, 7) is 3.71. The summed E-state index contributed by atoms with van der Waals surface area (Å²) in [6.07, 6.45) is 3.49. The Morgan fingerprint density at radius 3 is 2.04 bits per heavy atom. The van der Waals surface area contributed by atoms with Crippen LogP contribution < -0.4 is 14.7 Å². The molecule has 0 aliphatic carbocycles. The van der Waals surface area contributed by atoms with Gasteiger partial charge in [0, 0.05) is 50.8 Å². The van der Waals surface area contributed by atoms with E-state index in [4.69, 9.17) is 0 Å². The van der Waals surface area contributed by atoms with Gasteiger partial charge < -0.3 is 14.7 Å². The highest BCUT2D eigenvalue weighted by molar-refractivity contribution is 6.06. The number of nitrogens with zero attached hydrogens (tertiary/aromatic N) is 4. The molecule has 5 nitrogen and oxygen atoms in total. The van der Waals surface area contributed by atoms with Crippen LogP contribution in [0.5, 0.6) is 0 Å². The third-order valence-electron chi connectivity index (χ3n) is 5.19. The zero-order chi connectivity index (χ0) is 19.3. The van der Waals surface area contributed by atoms with Gasteiger partial charge in [-0.05, 0) is 30.3 Å². The predicted molar refractivity (Wildman–Crippen MR) is 114 cm³/mol. The number of carbonyl (C=O) groups is 1. The van der Waals surface area contributed by atoms with Crippen LogP contribution in [0.2, 0.25) is 0 Å². The summed E-state index contributed by atoms with van der Waals surface area (Å²) >= 11 is 0. The molecule has 4 rings (SSSR count). The van der Waals surface area contributed by atoms with Crippen molar-refractivity contribution >= 4 is 23.0 Å². The Morgan fingerprint density at radius 2 is 1.39 bits per heavy atom. The molecular weight excluding hydrogens is 348 g/mol. The van der Waals surface area contributed by atoms with Crippen LogP contribution in [-0.2, 0) is 0 Å². The first-order valence-electron chi connectivity index (χ1n) is 9.55. The number of aromatic nitrogens is 1. The smallest absolute Gasteiger partial charge is 0.259 e. The molecule has 2 aromatic carbocycles. The van der Waals surface area contributed by atoms with Gasteiger partial charge in [0.05, 0.1) is 17.4 Å². The molecule has 1 saturated heterocycles. The van der Waals surface area contributed by atoms with E-state index in [1.807, 2.05) is 48.7 Å². The summed E-state index contributed by atoms with van der Waals surface area (Å²) in [7, 11) is 1.79. The minimum Gasteiger partial charge on any atom is -0.368 e. The minimum absolute atomic E-state index is 0.0523. The number of para-hydroxylation sites is 2. The third-order valence-corrected chi connectivity index (χ3v) is 5.19. The molecular formula is C23H24N4O. The molecule has 0 radical (unpaired) electrons. The van der Waals surface area contributed by atoms with Crippen molar-refractivity contribution < 1.29 is 4.79 Å². The van der Waals surface area contributed by atoms with Crippen molar-refractivity contribution in [2.75, 3.05) is 47.9 Å². The standard InChI is InChI=1S/C23H24N4O/c1-25(20-8-4-2-5-9-20)23(28)19-16-22(18-24-17-19)27-14-12-26(13-15-27)21-10-6-3-7-11-21/h2-11,16-18H,12-15H2,1H3. The molecule has 2 heterocycles. The van der Waals surface area contributed by atoms with Gasteiger partial charge in [0.25, 0.3) is 5.91 Å². The molecule has 1 aromatic heterocycles. The average molecular weight is 372 g/mol. The second-order valence-corrected chi connectivity index (χ2v) is 6.94. The molecule has 0 saturated carbocycles. The summed E-state index contributed by atoms with van der Waals surface area (Å²) in [6, 6.07) is 22.1. The fraction of sp³-hybridized carbons (Fsp3) is 0.217. The zero-order valence-corrected chi connectivity index (χ0v) is 16.0. The van der Waals surface area contributed by atoms with Gasteiger partial charge in [0.2, 0.25) is 0 Å². The lowest BCUT2D eigenvalue weighted by molar-refractivity contribution is 0.0992. The van der Waals surface area contributed by atoms with Crippen LogP contribution in [0.1, 0.15) is 10.4 Å². The number of hydrogen-bond acceptors (Lipinski definition) is 4. The molecule has 0 N–H and O–H groups in total.